The van der Waals surface area contributed by atoms with Crippen molar-refractivity contribution in [2.24, 2.45) is 0 Å². The molecule has 8 heteroatoms. The molecular formula is C32H34F3N3O2. The predicted molar refractivity (Wildman–Crippen MR) is 151 cm³/mol. The Bertz CT molecular complexity index is 1460. The van der Waals surface area contributed by atoms with Crippen molar-refractivity contribution in [2.75, 3.05) is 19.6 Å². The van der Waals surface area contributed by atoms with E-state index in [1.165, 1.54) is 6.07 Å². The van der Waals surface area contributed by atoms with Gasteiger partial charge in [-0.2, -0.15) is 13.2 Å². The number of aromatic nitrogens is 1. The number of nitrogens with zero attached hydrogens (tertiary/aromatic N) is 3. The van der Waals surface area contributed by atoms with Crippen LogP contribution in [-0.2, 0) is 24.1 Å². The molecule has 0 N–H and O–H groups in total. The van der Waals surface area contributed by atoms with Gasteiger partial charge < -0.3 is 14.4 Å². The third kappa shape index (κ3) is 7.11. The Kier molecular flexibility index (Phi) is 9.30. The fourth-order valence-electron chi connectivity index (χ4n) is 4.72. The van der Waals surface area contributed by atoms with Gasteiger partial charge in [-0.3, -0.25) is 9.59 Å². The number of carbonyl (C=O) groups is 2. The first-order chi connectivity index (χ1) is 19.2. The molecule has 40 heavy (non-hydrogen) atoms. The average Bonchev–Trinajstić information content (AvgIpc) is 3.39. The SMILES string of the molecule is CCCCN(Cc1cccn1Cc1cccc(C(F)(F)F)c1)C(=O)CN(CC)C(=O)c1ccc2ccccc2c1. The maximum absolute atomic E-state index is 13.5. The molecule has 0 spiro atoms. The summed E-state index contributed by atoms with van der Waals surface area (Å²) >= 11 is 0. The highest BCUT2D eigenvalue weighted by atomic mass is 19.4. The molecule has 0 fully saturated rings. The molecule has 0 saturated carbocycles. The van der Waals surface area contributed by atoms with Gasteiger partial charge in [-0.05, 0) is 66.1 Å². The molecule has 4 aromatic rings. The molecule has 0 saturated heterocycles. The summed E-state index contributed by atoms with van der Waals surface area (Å²) in [4.78, 5) is 30.1. The molecule has 0 atom stereocenters. The Morgan fingerprint density at radius 2 is 1.62 bits per heavy atom. The van der Waals surface area contributed by atoms with E-state index < -0.39 is 11.7 Å². The van der Waals surface area contributed by atoms with Gasteiger partial charge in [-0.15, -0.1) is 0 Å². The molecule has 0 aliphatic heterocycles. The molecule has 2 amide bonds. The largest absolute Gasteiger partial charge is 0.416 e. The van der Waals surface area contributed by atoms with Crippen LogP contribution < -0.4 is 0 Å². The highest BCUT2D eigenvalue weighted by Gasteiger charge is 2.30. The van der Waals surface area contributed by atoms with Crippen LogP contribution in [0.2, 0.25) is 0 Å². The number of carbonyl (C=O) groups excluding carboxylic acids is 2. The molecule has 0 aliphatic rings. The summed E-state index contributed by atoms with van der Waals surface area (Å²) in [5.41, 5.74) is 1.18. The number of alkyl halides is 3. The van der Waals surface area contributed by atoms with E-state index in [2.05, 4.69) is 0 Å². The smallest absolute Gasteiger partial charge is 0.345 e. The van der Waals surface area contributed by atoms with Crippen molar-refractivity contribution in [1.82, 2.24) is 14.4 Å². The second kappa shape index (κ2) is 12.9. The van der Waals surface area contributed by atoms with Crippen molar-refractivity contribution in [1.29, 1.82) is 0 Å². The van der Waals surface area contributed by atoms with Crippen molar-refractivity contribution < 1.29 is 22.8 Å². The van der Waals surface area contributed by atoms with Crippen LogP contribution in [0.25, 0.3) is 10.8 Å². The van der Waals surface area contributed by atoms with Crippen LogP contribution in [0.3, 0.4) is 0 Å². The van der Waals surface area contributed by atoms with Crippen LogP contribution in [0, 0.1) is 0 Å². The monoisotopic (exact) mass is 549 g/mol. The molecule has 0 radical (unpaired) electrons. The Morgan fingerprint density at radius 1 is 0.850 bits per heavy atom. The van der Waals surface area contributed by atoms with Gasteiger partial charge in [0.05, 0.1) is 12.1 Å². The lowest BCUT2D eigenvalue weighted by molar-refractivity contribution is -0.137. The highest BCUT2D eigenvalue weighted by Crippen LogP contribution is 2.30. The van der Waals surface area contributed by atoms with Gasteiger partial charge in [0.15, 0.2) is 0 Å². The van der Waals surface area contributed by atoms with Crippen LogP contribution in [0.5, 0.6) is 0 Å². The number of halogens is 3. The number of amides is 2. The van der Waals surface area contributed by atoms with E-state index in [0.717, 1.165) is 41.4 Å². The molecule has 210 valence electrons. The minimum Gasteiger partial charge on any atom is -0.345 e. The summed E-state index contributed by atoms with van der Waals surface area (Å²) in [6, 6.07) is 22.3. The molecule has 4 rings (SSSR count). The summed E-state index contributed by atoms with van der Waals surface area (Å²) < 4.78 is 41.4. The molecule has 0 unspecified atom stereocenters. The second-order valence-electron chi connectivity index (χ2n) is 9.88. The first-order valence-electron chi connectivity index (χ1n) is 13.6. The van der Waals surface area contributed by atoms with Crippen LogP contribution in [-0.4, -0.2) is 45.8 Å². The van der Waals surface area contributed by atoms with Gasteiger partial charge in [0.2, 0.25) is 5.91 Å². The second-order valence-corrected chi connectivity index (χ2v) is 9.88. The van der Waals surface area contributed by atoms with Crippen molar-refractivity contribution in [2.45, 2.75) is 46.0 Å². The average molecular weight is 550 g/mol. The molecule has 1 aromatic heterocycles. The predicted octanol–water partition coefficient (Wildman–Crippen LogP) is 7.00. The van der Waals surface area contributed by atoms with E-state index in [4.69, 9.17) is 0 Å². The van der Waals surface area contributed by atoms with E-state index >= 15 is 0 Å². The number of benzene rings is 3. The van der Waals surface area contributed by atoms with Gasteiger partial charge in [0.25, 0.3) is 5.91 Å². The Balaban J connectivity index is 1.49. The first-order valence-corrected chi connectivity index (χ1v) is 13.6. The van der Waals surface area contributed by atoms with E-state index in [0.29, 0.717) is 30.8 Å². The number of hydrogen-bond acceptors (Lipinski definition) is 2. The van der Waals surface area contributed by atoms with Crippen molar-refractivity contribution >= 4 is 22.6 Å². The quantitative estimate of drug-likeness (QED) is 0.202. The number of unbranched alkanes of at least 4 members (excludes halogenated alkanes) is 1. The summed E-state index contributed by atoms with van der Waals surface area (Å²) in [5, 5.41) is 2.00. The zero-order valence-corrected chi connectivity index (χ0v) is 22.8. The summed E-state index contributed by atoms with van der Waals surface area (Å²) in [5.74, 6) is -0.374. The topological polar surface area (TPSA) is 45.6 Å². The minimum atomic E-state index is -4.41. The zero-order chi connectivity index (χ0) is 28.7. The molecule has 1 heterocycles. The Labute approximate surface area is 232 Å². The van der Waals surface area contributed by atoms with E-state index in [1.807, 2.05) is 66.9 Å². The van der Waals surface area contributed by atoms with E-state index in [-0.39, 0.29) is 24.9 Å². The van der Waals surface area contributed by atoms with Gasteiger partial charge in [0, 0.05) is 37.1 Å². The van der Waals surface area contributed by atoms with Crippen LogP contribution in [0.15, 0.2) is 85.1 Å². The number of likely N-dealkylation sites (N-methyl/N-ethyl adjacent to an activating group) is 1. The van der Waals surface area contributed by atoms with Gasteiger partial charge in [0.1, 0.15) is 6.54 Å². The van der Waals surface area contributed by atoms with Gasteiger partial charge in [-0.1, -0.05) is 55.8 Å². The minimum absolute atomic E-state index is 0.0553. The Morgan fingerprint density at radius 3 is 2.35 bits per heavy atom. The third-order valence-electron chi connectivity index (χ3n) is 7.01. The third-order valence-corrected chi connectivity index (χ3v) is 7.01. The molecular weight excluding hydrogens is 515 g/mol. The van der Waals surface area contributed by atoms with E-state index in [9.17, 15) is 22.8 Å². The van der Waals surface area contributed by atoms with E-state index in [1.54, 1.807) is 28.1 Å². The first kappa shape index (κ1) is 28.9. The fraction of sp³-hybridized carbons (Fsp3) is 0.312. The zero-order valence-electron chi connectivity index (χ0n) is 22.8. The molecule has 0 aliphatic carbocycles. The van der Waals surface area contributed by atoms with Gasteiger partial charge in [-0.25, -0.2) is 0 Å². The maximum Gasteiger partial charge on any atom is 0.416 e. The summed E-state index contributed by atoms with van der Waals surface area (Å²) in [7, 11) is 0. The lowest BCUT2D eigenvalue weighted by Gasteiger charge is -2.27. The van der Waals surface area contributed by atoms with Crippen LogP contribution in [0.1, 0.15) is 53.9 Å². The van der Waals surface area contributed by atoms with Crippen molar-refractivity contribution in [3.8, 4) is 0 Å². The molecule has 5 nitrogen and oxygen atoms in total. The lowest BCUT2D eigenvalue weighted by Crippen LogP contribution is -2.43. The standard InChI is InChI=1S/C32H34F3N3O2/c1-3-5-17-38(22-29-14-9-18-37(29)21-24-10-8-13-28(19-24)32(33,34)35)30(39)23-36(4-2)31(40)27-16-15-25-11-6-7-12-26(25)20-27/h6-16,18-20H,3-5,17,21-23H2,1-2H3. The van der Waals surface area contributed by atoms with Crippen molar-refractivity contribution in [3.63, 3.8) is 0 Å². The van der Waals surface area contributed by atoms with Gasteiger partial charge >= 0.3 is 6.18 Å². The summed E-state index contributed by atoms with van der Waals surface area (Å²) in [6.45, 7) is 5.29. The fourth-order valence-corrected chi connectivity index (χ4v) is 4.72. The molecule has 0 bridgehead atoms. The number of rotatable bonds is 11. The van der Waals surface area contributed by atoms with Crippen LogP contribution >= 0.6 is 0 Å². The normalized spacial score (nSPS) is 11.5. The maximum atomic E-state index is 13.5. The Hall–Kier alpha value is -4.07. The summed E-state index contributed by atoms with van der Waals surface area (Å²) in [6.07, 6.45) is -0.915. The van der Waals surface area contributed by atoms with Crippen molar-refractivity contribution in [3.05, 3.63) is 107 Å². The number of hydrogen-bond donors (Lipinski definition) is 0. The van der Waals surface area contributed by atoms with Crippen LogP contribution in [0.4, 0.5) is 13.2 Å². The molecule has 3 aromatic carbocycles. The highest BCUT2D eigenvalue weighted by molar-refractivity contribution is 6.00. The lowest BCUT2D eigenvalue weighted by atomic mass is 10.1. The number of fused-ring (bicyclic) bond motifs is 1.